The fourth-order valence-corrected chi connectivity index (χ4v) is 5.51. The molecule has 5 N–H and O–H groups in total. The second-order valence-electron chi connectivity index (χ2n) is 12.8. The van der Waals surface area contributed by atoms with Crippen LogP contribution in [0.3, 0.4) is 0 Å². The van der Waals surface area contributed by atoms with Crippen molar-refractivity contribution in [2.75, 3.05) is 38.0 Å². The third-order valence-electron chi connectivity index (χ3n) is 7.81. The van der Waals surface area contributed by atoms with Crippen LogP contribution >= 0.6 is 0 Å². The zero-order valence-electron chi connectivity index (χ0n) is 25.5. The van der Waals surface area contributed by atoms with E-state index in [4.69, 9.17) is 15.1 Å². The maximum Gasteiger partial charge on any atom is 0.314 e. The third kappa shape index (κ3) is 7.99. The van der Waals surface area contributed by atoms with Crippen LogP contribution < -0.4 is 21.7 Å². The molecule has 4 rings (SSSR count). The standard InChI is InChI=1S/C30H46N8O4/c1-19(2)18-38(22-13-21(14-32-15-22)35-26(39)20-8-10-37(11-9-20)29(31)41)27(40)24-17-34-28(30(3,4)5)36-25(24)33-16-23-7-6-12-42-23/h6-7,12,17,19-22,32H,8-11,13-16,18H2,1-5H3,(H2,31,41)(H,35,39)(H,33,34,36)/t21-,22+/m1/s1. The van der Waals surface area contributed by atoms with Crippen molar-refractivity contribution in [3.05, 3.63) is 41.7 Å². The Morgan fingerprint density at radius 2 is 1.95 bits per heavy atom. The number of nitrogens with two attached hydrogens (primary N) is 1. The molecular formula is C30H46N8O4. The molecular weight excluding hydrogens is 536 g/mol. The summed E-state index contributed by atoms with van der Waals surface area (Å²) in [7, 11) is 0. The molecule has 2 aliphatic heterocycles. The monoisotopic (exact) mass is 582 g/mol. The molecule has 42 heavy (non-hydrogen) atoms. The molecule has 0 saturated carbocycles. The first-order valence-electron chi connectivity index (χ1n) is 14.9. The van der Waals surface area contributed by atoms with Gasteiger partial charge in [-0.05, 0) is 37.3 Å². The highest BCUT2D eigenvalue weighted by Crippen LogP contribution is 2.25. The second-order valence-corrected chi connectivity index (χ2v) is 12.8. The van der Waals surface area contributed by atoms with Crippen LogP contribution in [0, 0.1) is 11.8 Å². The molecule has 2 saturated heterocycles. The number of rotatable bonds is 9. The highest BCUT2D eigenvalue weighted by atomic mass is 16.3. The molecule has 0 bridgehead atoms. The van der Waals surface area contributed by atoms with Gasteiger partial charge in [0.25, 0.3) is 5.91 Å². The smallest absolute Gasteiger partial charge is 0.314 e. The van der Waals surface area contributed by atoms with Crippen molar-refractivity contribution in [1.82, 2.24) is 30.4 Å². The Bertz CT molecular complexity index is 1220. The van der Waals surface area contributed by atoms with Gasteiger partial charge in [0.2, 0.25) is 5.91 Å². The summed E-state index contributed by atoms with van der Waals surface area (Å²) in [6.07, 6.45) is 5.06. The van der Waals surface area contributed by atoms with Gasteiger partial charge in [0.05, 0.1) is 12.8 Å². The molecule has 0 spiro atoms. The van der Waals surface area contributed by atoms with Crippen LogP contribution in [-0.2, 0) is 16.8 Å². The van der Waals surface area contributed by atoms with Gasteiger partial charge in [0, 0.05) is 62.3 Å². The minimum absolute atomic E-state index is 0.0103. The van der Waals surface area contributed by atoms with Crippen LogP contribution in [0.1, 0.15) is 75.8 Å². The molecule has 0 radical (unpaired) electrons. The number of anilines is 1. The van der Waals surface area contributed by atoms with E-state index in [-0.39, 0.29) is 41.1 Å². The molecule has 2 aromatic heterocycles. The third-order valence-corrected chi connectivity index (χ3v) is 7.81. The topological polar surface area (TPSA) is 159 Å². The molecule has 2 atom stereocenters. The van der Waals surface area contributed by atoms with Gasteiger partial charge in [0.15, 0.2) is 0 Å². The second kappa shape index (κ2) is 13.5. The summed E-state index contributed by atoms with van der Waals surface area (Å²) in [6.45, 7) is 13.4. The Labute approximate surface area is 248 Å². The maximum atomic E-state index is 14.2. The van der Waals surface area contributed by atoms with E-state index in [1.807, 2.05) is 37.8 Å². The van der Waals surface area contributed by atoms with Crippen LogP contribution in [0.2, 0.25) is 0 Å². The van der Waals surface area contributed by atoms with Crippen molar-refractivity contribution in [2.45, 2.75) is 77.9 Å². The number of hydrogen-bond acceptors (Lipinski definition) is 8. The van der Waals surface area contributed by atoms with Crippen LogP contribution in [0.25, 0.3) is 0 Å². The lowest BCUT2D eigenvalue weighted by Crippen LogP contribution is -2.58. The highest BCUT2D eigenvalue weighted by molar-refractivity contribution is 5.98. The maximum absolute atomic E-state index is 14.2. The van der Waals surface area contributed by atoms with Gasteiger partial charge in [-0.1, -0.05) is 34.6 Å². The Balaban J connectivity index is 1.50. The lowest BCUT2D eigenvalue weighted by molar-refractivity contribution is -0.127. The number of primary amides is 1. The van der Waals surface area contributed by atoms with E-state index in [1.54, 1.807) is 17.4 Å². The van der Waals surface area contributed by atoms with E-state index in [0.717, 1.165) is 5.76 Å². The zero-order valence-corrected chi connectivity index (χ0v) is 25.5. The fraction of sp³-hybridized carbons (Fsp3) is 0.633. The lowest BCUT2D eigenvalue weighted by Gasteiger charge is -2.40. The Morgan fingerprint density at radius 1 is 1.21 bits per heavy atom. The predicted molar refractivity (Wildman–Crippen MR) is 160 cm³/mol. The van der Waals surface area contributed by atoms with Crippen LogP contribution in [0.15, 0.2) is 29.0 Å². The van der Waals surface area contributed by atoms with E-state index >= 15 is 0 Å². The Kier molecular flexibility index (Phi) is 10.1. The molecule has 12 nitrogen and oxygen atoms in total. The van der Waals surface area contributed by atoms with Gasteiger partial charge in [0.1, 0.15) is 23.0 Å². The summed E-state index contributed by atoms with van der Waals surface area (Å²) in [4.78, 5) is 51.6. The number of carbonyl (C=O) groups excluding carboxylic acids is 3. The minimum atomic E-state index is -0.444. The fourth-order valence-electron chi connectivity index (χ4n) is 5.51. The van der Waals surface area contributed by atoms with E-state index < -0.39 is 6.03 Å². The highest BCUT2D eigenvalue weighted by Gasteiger charge is 2.34. The molecule has 0 aromatic carbocycles. The number of nitrogens with one attached hydrogen (secondary N) is 3. The normalized spacial score (nSPS) is 19.9. The van der Waals surface area contributed by atoms with Gasteiger partial charge >= 0.3 is 6.03 Å². The van der Waals surface area contributed by atoms with Crippen molar-refractivity contribution in [1.29, 1.82) is 0 Å². The van der Waals surface area contributed by atoms with Gasteiger partial charge in [-0.2, -0.15) is 0 Å². The van der Waals surface area contributed by atoms with E-state index in [2.05, 4.69) is 34.8 Å². The van der Waals surface area contributed by atoms with Gasteiger partial charge in [-0.15, -0.1) is 0 Å². The molecule has 12 heteroatoms. The van der Waals surface area contributed by atoms with Crippen molar-refractivity contribution in [3.63, 3.8) is 0 Å². The summed E-state index contributed by atoms with van der Waals surface area (Å²) in [5.74, 6) is 1.76. The summed E-state index contributed by atoms with van der Waals surface area (Å²) in [6, 6.07) is 3.00. The largest absolute Gasteiger partial charge is 0.467 e. The quantitative estimate of drug-likeness (QED) is 0.351. The van der Waals surface area contributed by atoms with Gasteiger partial charge < -0.3 is 35.9 Å². The van der Waals surface area contributed by atoms with Crippen LogP contribution in [0.5, 0.6) is 0 Å². The molecule has 2 aromatic rings. The first-order chi connectivity index (χ1) is 19.9. The number of carbonyl (C=O) groups is 3. The first-order valence-corrected chi connectivity index (χ1v) is 14.9. The SMILES string of the molecule is CC(C)CN(C(=O)c1cnc(C(C)(C)C)nc1NCc1ccco1)[C@@H]1CNC[C@H](NC(=O)C2CCN(C(N)=O)CC2)C1. The number of amides is 4. The number of nitrogens with zero attached hydrogens (tertiary/aromatic N) is 4. The van der Waals surface area contributed by atoms with Crippen molar-refractivity contribution in [2.24, 2.45) is 17.6 Å². The first kappa shape index (κ1) is 31.3. The van der Waals surface area contributed by atoms with E-state index in [1.165, 1.54) is 0 Å². The average Bonchev–Trinajstić information content (AvgIpc) is 3.48. The van der Waals surface area contributed by atoms with Crippen molar-refractivity contribution in [3.8, 4) is 0 Å². The van der Waals surface area contributed by atoms with Crippen molar-refractivity contribution < 1.29 is 18.8 Å². The number of furan rings is 1. The summed E-state index contributed by atoms with van der Waals surface area (Å²) in [5, 5.41) is 9.93. The lowest BCUT2D eigenvalue weighted by atomic mass is 9.94. The summed E-state index contributed by atoms with van der Waals surface area (Å²) >= 11 is 0. The Hall–Kier alpha value is -3.67. The molecule has 230 valence electrons. The number of likely N-dealkylation sites (tertiary alicyclic amines) is 1. The molecule has 4 heterocycles. The number of aromatic nitrogens is 2. The molecule has 0 unspecified atom stereocenters. The Morgan fingerprint density at radius 3 is 2.57 bits per heavy atom. The molecule has 2 aliphatic rings. The molecule has 4 amide bonds. The van der Waals surface area contributed by atoms with E-state index in [0.29, 0.717) is 75.7 Å². The average molecular weight is 583 g/mol. The number of urea groups is 1. The van der Waals surface area contributed by atoms with Crippen molar-refractivity contribution >= 4 is 23.7 Å². The molecule has 2 fully saturated rings. The predicted octanol–water partition coefficient (Wildman–Crippen LogP) is 2.71. The minimum Gasteiger partial charge on any atom is -0.467 e. The van der Waals surface area contributed by atoms with Crippen LogP contribution in [-0.4, -0.2) is 82.4 Å². The summed E-state index contributed by atoms with van der Waals surface area (Å²) in [5.41, 5.74) is 5.50. The number of hydrogen-bond donors (Lipinski definition) is 4. The van der Waals surface area contributed by atoms with Gasteiger partial charge in [-0.25, -0.2) is 14.8 Å². The molecule has 0 aliphatic carbocycles. The van der Waals surface area contributed by atoms with Crippen LogP contribution in [0.4, 0.5) is 10.6 Å². The zero-order chi connectivity index (χ0) is 30.4. The number of piperidine rings is 2. The van der Waals surface area contributed by atoms with E-state index in [9.17, 15) is 14.4 Å². The van der Waals surface area contributed by atoms with Gasteiger partial charge in [-0.3, -0.25) is 9.59 Å². The summed E-state index contributed by atoms with van der Waals surface area (Å²) < 4.78 is 5.48.